The number of hydrogen-bond donors (Lipinski definition) is 1. The SMILES string of the molecule is CC(C)(NC(=O)N1CCCCCC1)c1ccc(F)cc1. The van der Waals surface area contributed by atoms with Gasteiger partial charge < -0.3 is 10.2 Å². The third-order valence-electron chi connectivity index (χ3n) is 3.88. The van der Waals surface area contributed by atoms with E-state index in [0.717, 1.165) is 31.5 Å². The van der Waals surface area contributed by atoms with E-state index in [1.54, 1.807) is 12.1 Å². The number of benzene rings is 1. The zero-order valence-electron chi connectivity index (χ0n) is 12.3. The van der Waals surface area contributed by atoms with Crippen LogP contribution in [0.1, 0.15) is 45.1 Å². The van der Waals surface area contributed by atoms with Gasteiger partial charge in [0.15, 0.2) is 0 Å². The highest BCUT2D eigenvalue weighted by molar-refractivity contribution is 5.75. The van der Waals surface area contributed by atoms with Crippen LogP contribution in [0.5, 0.6) is 0 Å². The fourth-order valence-corrected chi connectivity index (χ4v) is 2.56. The van der Waals surface area contributed by atoms with E-state index < -0.39 is 5.54 Å². The minimum atomic E-state index is -0.503. The van der Waals surface area contributed by atoms with Crippen LogP contribution in [-0.4, -0.2) is 24.0 Å². The largest absolute Gasteiger partial charge is 0.329 e. The number of hydrogen-bond acceptors (Lipinski definition) is 1. The first-order valence-electron chi connectivity index (χ1n) is 7.32. The van der Waals surface area contributed by atoms with Crippen molar-refractivity contribution >= 4 is 6.03 Å². The molecule has 0 unspecified atom stereocenters. The van der Waals surface area contributed by atoms with Crippen molar-refractivity contribution < 1.29 is 9.18 Å². The zero-order valence-corrected chi connectivity index (χ0v) is 12.3. The van der Waals surface area contributed by atoms with Gasteiger partial charge in [-0.1, -0.05) is 25.0 Å². The van der Waals surface area contributed by atoms with Crippen LogP contribution in [0.4, 0.5) is 9.18 Å². The molecule has 2 amide bonds. The first-order chi connectivity index (χ1) is 9.49. The Hall–Kier alpha value is -1.58. The Balaban J connectivity index is 2.02. The molecule has 4 heteroatoms. The van der Waals surface area contributed by atoms with Crippen molar-refractivity contribution in [3.05, 3.63) is 35.6 Å². The number of nitrogens with one attached hydrogen (secondary N) is 1. The lowest BCUT2D eigenvalue weighted by molar-refractivity contribution is 0.188. The van der Waals surface area contributed by atoms with Gasteiger partial charge in [-0.25, -0.2) is 9.18 Å². The summed E-state index contributed by atoms with van der Waals surface area (Å²) in [6, 6.07) is 6.27. The van der Waals surface area contributed by atoms with Crippen LogP contribution in [0.15, 0.2) is 24.3 Å². The Morgan fingerprint density at radius 1 is 1.10 bits per heavy atom. The average Bonchev–Trinajstić information content (AvgIpc) is 2.67. The van der Waals surface area contributed by atoms with Gasteiger partial charge >= 0.3 is 6.03 Å². The Labute approximate surface area is 120 Å². The standard InChI is InChI=1S/C16H23FN2O/c1-16(2,13-7-9-14(17)10-8-13)18-15(20)19-11-5-3-4-6-12-19/h7-10H,3-6,11-12H2,1-2H3,(H,18,20). The van der Waals surface area contributed by atoms with Crippen molar-refractivity contribution in [1.82, 2.24) is 10.2 Å². The molecule has 2 rings (SSSR count). The molecule has 1 fully saturated rings. The molecule has 1 N–H and O–H groups in total. The molecular formula is C16H23FN2O. The molecule has 1 aromatic carbocycles. The molecule has 1 aliphatic rings. The van der Waals surface area contributed by atoms with Gasteiger partial charge in [-0.05, 0) is 44.4 Å². The number of halogens is 1. The van der Waals surface area contributed by atoms with Crippen molar-refractivity contribution in [2.45, 2.75) is 45.1 Å². The topological polar surface area (TPSA) is 32.3 Å². The molecule has 1 aliphatic heterocycles. The summed E-state index contributed by atoms with van der Waals surface area (Å²) >= 11 is 0. The maximum atomic E-state index is 13.0. The summed E-state index contributed by atoms with van der Waals surface area (Å²) in [4.78, 5) is 14.2. The van der Waals surface area contributed by atoms with Crippen LogP contribution >= 0.6 is 0 Å². The van der Waals surface area contributed by atoms with Crippen molar-refractivity contribution in [3.63, 3.8) is 0 Å². The number of carbonyl (C=O) groups is 1. The van der Waals surface area contributed by atoms with Crippen molar-refractivity contribution in [2.24, 2.45) is 0 Å². The molecule has 0 aliphatic carbocycles. The second-order valence-corrected chi connectivity index (χ2v) is 5.96. The monoisotopic (exact) mass is 278 g/mol. The molecule has 0 saturated carbocycles. The highest BCUT2D eigenvalue weighted by atomic mass is 19.1. The lowest BCUT2D eigenvalue weighted by Crippen LogP contribution is -2.48. The van der Waals surface area contributed by atoms with Gasteiger partial charge in [0.25, 0.3) is 0 Å². The molecule has 0 atom stereocenters. The van der Waals surface area contributed by atoms with E-state index in [2.05, 4.69) is 5.32 Å². The second kappa shape index (κ2) is 6.25. The van der Waals surface area contributed by atoms with Crippen LogP contribution < -0.4 is 5.32 Å². The summed E-state index contributed by atoms with van der Waals surface area (Å²) in [5, 5.41) is 3.05. The predicted molar refractivity (Wildman–Crippen MR) is 78.0 cm³/mol. The zero-order chi connectivity index (χ0) is 14.6. The fourth-order valence-electron chi connectivity index (χ4n) is 2.56. The maximum absolute atomic E-state index is 13.0. The van der Waals surface area contributed by atoms with Gasteiger partial charge in [-0.3, -0.25) is 0 Å². The number of likely N-dealkylation sites (tertiary alicyclic amines) is 1. The highest BCUT2D eigenvalue weighted by Gasteiger charge is 2.25. The molecule has 20 heavy (non-hydrogen) atoms. The van der Waals surface area contributed by atoms with E-state index in [1.807, 2.05) is 18.7 Å². The third-order valence-corrected chi connectivity index (χ3v) is 3.88. The fraction of sp³-hybridized carbons (Fsp3) is 0.562. The third kappa shape index (κ3) is 3.71. The predicted octanol–water partition coefficient (Wildman–Crippen LogP) is 3.65. The second-order valence-electron chi connectivity index (χ2n) is 5.96. The lowest BCUT2D eigenvalue weighted by Gasteiger charge is -2.31. The summed E-state index contributed by atoms with van der Waals surface area (Å²) in [7, 11) is 0. The summed E-state index contributed by atoms with van der Waals surface area (Å²) in [5.41, 5.74) is 0.402. The van der Waals surface area contributed by atoms with Crippen molar-refractivity contribution in [2.75, 3.05) is 13.1 Å². The molecule has 110 valence electrons. The lowest BCUT2D eigenvalue weighted by atomic mass is 9.94. The Morgan fingerprint density at radius 2 is 1.65 bits per heavy atom. The molecule has 1 aromatic rings. The van der Waals surface area contributed by atoms with Crippen LogP contribution in [0.2, 0.25) is 0 Å². The van der Waals surface area contributed by atoms with E-state index in [0.29, 0.717) is 0 Å². The highest BCUT2D eigenvalue weighted by Crippen LogP contribution is 2.21. The molecule has 1 saturated heterocycles. The van der Waals surface area contributed by atoms with E-state index in [4.69, 9.17) is 0 Å². The minimum absolute atomic E-state index is 0.0266. The Morgan fingerprint density at radius 3 is 2.20 bits per heavy atom. The first-order valence-corrected chi connectivity index (χ1v) is 7.32. The van der Waals surface area contributed by atoms with Gasteiger partial charge in [0, 0.05) is 13.1 Å². The molecule has 0 bridgehead atoms. The Kier molecular flexibility index (Phi) is 4.63. The quantitative estimate of drug-likeness (QED) is 0.880. The van der Waals surface area contributed by atoms with E-state index in [-0.39, 0.29) is 11.8 Å². The normalized spacial score (nSPS) is 16.6. The maximum Gasteiger partial charge on any atom is 0.318 e. The number of nitrogens with zero attached hydrogens (tertiary/aromatic N) is 1. The average molecular weight is 278 g/mol. The number of carbonyl (C=O) groups excluding carboxylic acids is 1. The Bertz CT molecular complexity index is 448. The van der Waals surface area contributed by atoms with Crippen molar-refractivity contribution in [3.8, 4) is 0 Å². The molecule has 0 radical (unpaired) electrons. The summed E-state index contributed by atoms with van der Waals surface area (Å²) < 4.78 is 13.0. The van der Waals surface area contributed by atoms with Gasteiger partial charge in [-0.15, -0.1) is 0 Å². The van der Waals surface area contributed by atoms with Crippen LogP contribution in [-0.2, 0) is 5.54 Å². The van der Waals surface area contributed by atoms with E-state index in [9.17, 15) is 9.18 Å². The van der Waals surface area contributed by atoms with Gasteiger partial charge in [0.05, 0.1) is 5.54 Å². The molecule has 1 heterocycles. The number of urea groups is 1. The van der Waals surface area contributed by atoms with Crippen LogP contribution in [0.3, 0.4) is 0 Å². The van der Waals surface area contributed by atoms with Gasteiger partial charge in [0.2, 0.25) is 0 Å². The van der Waals surface area contributed by atoms with Gasteiger partial charge in [0.1, 0.15) is 5.82 Å². The van der Waals surface area contributed by atoms with Crippen LogP contribution in [0.25, 0.3) is 0 Å². The van der Waals surface area contributed by atoms with Crippen molar-refractivity contribution in [1.29, 1.82) is 0 Å². The first kappa shape index (κ1) is 14.8. The summed E-state index contributed by atoms with van der Waals surface area (Å²) in [6.07, 6.45) is 4.55. The summed E-state index contributed by atoms with van der Waals surface area (Å²) in [5.74, 6) is -0.261. The smallest absolute Gasteiger partial charge is 0.318 e. The molecule has 3 nitrogen and oxygen atoms in total. The van der Waals surface area contributed by atoms with E-state index in [1.165, 1.54) is 25.0 Å². The molecule has 0 aromatic heterocycles. The summed E-state index contributed by atoms with van der Waals surface area (Å²) in [6.45, 7) is 5.53. The molecular weight excluding hydrogens is 255 g/mol. The number of rotatable bonds is 2. The van der Waals surface area contributed by atoms with Crippen LogP contribution in [0, 0.1) is 5.82 Å². The molecule has 0 spiro atoms. The van der Waals surface area contributed by atoms with Gasteiger partial charge in [-0.2, -0.15) is 0 Å². The minimum Gasteiger partial charge on any atom is -0.329 e. The van der Waals surface area contributed by atoms with E-state index >= 15 is 0 Å². The number of amides is 2.